The number of hydrogen-bond acceptors (Lipinski definition) is 5. The smallest absolute Gasteiger partial charge is 0.256 e. The molecular formula is C20H26N2O5. The van der Waals surface area contributed by atoms with Gasteiger partial charge in [0.25, 0.3) is 5.91 Å². The van der Waals surface area contributed by atoms with E-state index in [2.05, 4.69) is 5.32 Å². The fraction of sp³-hybridized carbons (Fsp3) is 0.500. The molecule has 1 aromatic heterocycles. The molecule has 7 heteroatoms. The number of furan rings is 1. The van der Waals surface area contributed by atoms with Crippen LogP contribution in [-0.4, -0.2) is 42.3 Å². The Morgan fingerprint density at radius 3 is 2.67 bits per heavy atom. The van der Waals surface area contributed by atoms with Gasteiger partial charge in [-0.05, 0) is 56.7 Å². The number of ether oxygens (including phenoxy) is 1. The predicted octanol–water partition coefficient (Wildman–Crippen LogP) is 1.68. The third-order valence-electron chi connectivity index (χ3n) is 5.27. The van der Waals surface area contributed by atoms with E-state index in [-0.39, 0.29) is 0 Å². The van der Waals surface area contributed by atoms with Crippen LogP contribution in [0.4, 0.5) is 0 Å². The summed E-state index contributed by atoms with van der Waals surface area (Å²) in [5, 5.41) is 12.7. The number of rotatable bonds is 6. The van der Waals surface area contributed by atoms with Gasteiger partial charge in [-0.1, -0.05) is 6.07 Å². The first kappa shape index (κ1) is 19.4. The number of hydrogen-bond donors (Lipinski definition) is 3. The summed E-state index contributed by atoms with van der Waals surface area (Å²) in [5.41, 5.74) is 5.88. The molecule has 2 amide bonds. The summed E-state index contributed by atoms with van der Waals surface area (Å²) in [6, 6.07) is 5.85. The molecule has 1 aromatic carbocycles. The molecule has 4 N–H and O–H groups in total. The van der Waals surface area contributed by atoms with E-state index < -0.39 is 24.0 Å². The summed E-state index contributed by atoms with van der Waals surface area (Å²) in [6.45, 7) is 4.09. The minimum atomic E-state index is -1.53. The number of aliphatic hydroxyl groups is 1. The average molecular weight is 374 g/mol. The van der Waals surface area contributed by atoms with E-state index in [1.807, 2.05) is 18.2 Å². The minimum Gasteiger partial charge on any atom is -0.461 e. The molecule has 27 heavy (non-hydrogen) atoms. The maximum absolute atomic E-state index is 12.8. The van der Waals surface area contributed by atoms with Crippen LogP contribution >= 0.6 is 0 Å². The summed E-state index contributed by atoms with van der Waals surface area (Å²) in [4.78, 5) is 24.4. The lowest BCUT2D eigenvalue weighted by Gasteiger charge is -2.24. The number of primary amides is 1. The van der Waals surface area contributed by atoms with Gasteiger partial charge in [-0.2, -0.15) is 0 Å². The maximum atomic E-state index is 12.8. The van der Waals surface area contributed by atoms with Crippen molar-refractivity contribution in [3.63, 3.8) is 0 Å². The SMILES string of the molecule is Cc1oc2ccc(CC3CCOCC3)cc2c1C(=O)N[C@@](C)(CO)C(N)=O. The second kappa shape index (κ2) is 7.70. The molecule has 0 unspecified atom stereocenters. The number of nitrogens with two attached hydrogens (primary N) is 1. The van der Waals surface area contributed by atoms with Crippen LogP contribution in [0, 0.1) is 12.8 Å². The molecule has 0 bridgehead atoms. The molecule has 7 nitrogen and oxygen atoms in total. The molecule has 1 aliphatic rings. The van der Waals surface area contributed by atoms with Crippen molar-refractivity contribution in [1.29, 1.82) is 0 Å². The fourth-order valence-corrected chi connectivity index (χ4v) is 3.45. The monoisotopic (exact) mass is 374 g/mol. The quantitative estimate of drug-likeness (QED) is 0.712. The highest BCUT2D eigenvalue weighted by molar-refractivity contribution is 6.09. The lowest BCUT2D eigenvalue weighted by molar-refractivity contribution is -0.124. The van der Waals surface area contributed by atoms with Crippen LogP contribution in [0.5, 0.6) is 0 Å². The molecule has 1 atom stereocenters. The van der Waals surface area contributed by atoms with E-state index in [0.29, 0.717) is 28.2 Å². The van der Waals surface area contributed by atoms with Crippen molar-refractivity contribution in [2.24, 2.45) is 11.7 Å². The number of carbonyl (C=O) groups is 2. The Morgan fingerprint density at radius 2 is 2.04 bits per heavy atom. The third-order valence-corrected chi connectivity index (χ3v) is 5.27. The van der Waals surface area contributed by atoms with Crippen molar-refractivity contribution in [3.05, 3.63) is 35.1 Å². The van der Waals surface area contributed by atoms with Crippen LogP contribution in [-0.2, 0) is 16.0 Å². The Kier molecular flexibility index (Phi) is 5.53. The summed E-state index contributed by atoms with van der Waals surface area (Å²) >= 11 is 0. The Hall–Kier alpha value is -2.38. The van der Waals surface area contributed by atoms with E-state index >= 15 is 0 Å². The van der Waals surface area contributed by atoms with Gasteiger partial charge in [-0.15, -0.1) is 0 Å². The molecule has 146 valence electrons. The van der Waals surface area contributed by atoms with Crippen molar-refractivity contribution in [2.45, 2.75) is 38.6 Å². The van der Waals surface area contributed by atoms with Crippen LogP contribution in [0.1, 0.15) is 41.4 Å². The van der Waals surface area contributed by atoms with Gasteiger partial charge in [-0.25, -0.2) is 0 Å². The first-order chi connectivity index (χ1) is 12.8. The zero-order valence-corrected chi connectivity index (χ0v) is 15.7. The van der Waals surface area contributed by atoms with Crippen molar-refractivity contribution in [1.82, 2.24) is 5.32 Å². The maximum Gasteiger partial charge on any atom is 0.256 e. The van der Waals surface area contributed by atoms with E-state index in [1.165, 1.54) is 6.92 Å². The Bertz CT molecular complexity index is 853. The largest absolute Gasteiger partial charge is 0.461 e. The van der Waals surface area contributed by atoms with Crippen molar-refractivity contribution < 1.29 is 23.8 Å². The van der Waals surface area contributed by atoms with Crippen molar-refractivity contribution >= 4 is 22.8 Å². The molecule has 0 aliphatic carbocycles. The van der Waals surface area contributed by atoms with E-state index in [4.69, 9.17) is 14.9 Å². The summed E-state index contributed by atoms with van der Waals surface area (Å²) < 4.78 is 11.1. The number of nitrogens with one attached hydrogen (secondary N) is 1. The summed E-state index contributed by atoms with van der Waals surface area (Å²) in [6.07, 6.45) is 2.98. The first-order valence-electron chi connectivity index (χ1n) is 9.17. The van der Waals surface area contributed by atoms with Gasteiger partial charge >= 0.3 is 0 Å². The van der Waals surface area contributed by atoms with Gasteiger partial charge in [0.1, 0.15) is 16.9 Å². The molecule has 1 saturated heterocycles. The molecule has 3 rings (SSSR count). The highest BCUT2D eigenvalue weighted by Gasteiger charge is 2.34. The number of amides is 2. The van der Waals surface area contributed by atoms with Gasteiger partial charge in [0.2, 0.25) is 5.91 Å². The number of aryl methyl sites for hydroxylation is 1. The molecule has 1 fully saturated rings. The van der Waals surface area contributed by atoms with Crippen molar-refractivity contribution in [3.8, 4) is 0 Å². The highest BCUT2D eigenvalue weighted by atomic mass is 16.5. The third kappa shape index (κ3) is 3.99. The molecule has 2 aromatic rings. The first-order valence-corrected chi connectivity index (χ1v) is 9.17. The zero-order valence-electron chi connectivity index (χ0n) is 15.7. The lowest BCUT2D eigenvalue weighted by atomic mass is 9.91. The van der Waals surface area contributed by atoms with Crippen LogP contribution < -0.4 is 11.1 Å². The molecule has 2 heterocycles. The van der Waals surface area contributed by atoms with Crippen LogP contribution in [0.2, 0.25) is 0 Å². The van der Waals surface area contributed by atoms with Gasteiger partial charge in [0.15, 0.2) is 0 Å². The lowest BCUT2D eigenvalue weighted by Crippen LogP contribution is -2.57. The Labute approximate surface area is 157 Å². The van der Waals surface area contributed by atoms with Gasteiger partial charge in [0, 0.05) is 18.6 Å². The second-order valence-corrected chi connectivity index (χ2v) is 7.43. The predicted molar refractivity (Wildman–Crippen MR) is 100 cm³/mol. The van der Waals surface area contributed by atoms with E-state index in [0.717, 1.165) is 38.0 Å². The summed E-state index contributed by atoms with van der Waals surface area (Å²) in [5.74, 6) is -0.279. The molecule has 0 spiro atoms. The summed E-state index contributed by atoms with van der Waals surface area (Å²) in [7, 11) is 0. The molecular weight excluding hydrogens is 348 g/mol. The Balaban J connectivity index is 1.90. The normalized spacial score (nSPS) is 17.6. The second-order valence-electron chi connectivity index (χ2n) is 7.43. The molecule has 1 aliphatic heterocycles. The average Bonchev–Trinajstić information content (AvgIpc) is 2.97. The number of benzene rings is 1. The standard InChI is InChI=1S/C20H26N2O5/c1-12-17(18(24)22-20(2,11-23)19(21)25)15-10-14(3-4-16(15)27-12)9-13-5-7-26-8-6-13/h3-4,10,13,23H,5-9,11H2,1-2H3,(H2,21,25)(H,22,24)/t20-/m0/s1. The van der Waals surface area contributed by atoms with E-state index in [1.54, 1.807) is 6.92 Å². The number of fused-ring (bicyclic) bond motifs is 1. The van der Waals surface area contributed by atoms with Crippen LogP contribution in [0.15, 0.2) is 22.6 Å². The number of aliphatic hydroxyl groups excluding tert-OH is 1. The fourth-order valence-electron chi connectivity index (χ4n) is 3.45. The Morgan fingerprint density at radius 1 is 1.33 bits per heavy atom. The topological polar surface area (TPSA) is 115 Å². The van der Waals surface area contributed by atoms with Crippen LogP contribution in [0.25, 0.3) is 11.0 Å². The van der Waals surface area contributed by atoms with Crippen LogP contribution in [0.3, 0.4) is 0 Å². The van der Waals surface area contributed by atoms with Crippen molar-refractivity contribution in [2.75, 3.05) is 19.8 Å². The zero-order chi connectivity index (χ0) is 19.6. The van der Waals surface area contributed by atoms with Gasteiger partial charge in [-0.3, -0.25) is 9.59 Å². The van der Waals surface area contributed by atoms with Gasteiger partial charge < -0.3 is 25.3 Å². The van der Waals surface area contributed by atoms with E-state index in [9.17, 15) is 14.7 Å². The number of carbonyl (C=O) groups excluding carboxylic acids is 2. The molecule has 0 radical (unpaired) electrons. The van der Waals surface area contributed by atoms with Gasteiger partial charge in [0.05, 0.1) is 12.2 Å². The minimum absolute atomic E-state index is 0.361. The highest BCUT2D eigenvalue weighted by Crippen LogP contribution is 2.29. The molecule has 0 saturated carbocycles.